The van der Waals surface area contributed by atoms with E-state index < -0.39 is 6.10 Å². The Labute approximate surface area is 112 Å². The molecule has 0 saturated heterocycles. The van der Waals surface area contributed by atoms with Gasteiger partial charge in [-0.05, 0) is 18.1 Å². The lowest BCUT2D eigenvalue weighted by Crippen LogP contribution is -2.35. The SMILES string of the molecule is CC[C@H](C)[C@@H](O)CNC(=O)c1cccc2cc[nH]c12. The second-order valence-electron chi connectivity index (χ2n) is 4.91. The van der Waals surface area contributed by atoms with Crippen LogP contribution in [0.25, 0.3) is 10.9 Å². The highest BCUT2D eigenvalue weighted by Crippen LogP contribution is 2.16. The van der Waals surface area contributed by atoms with Crippen molar-refractivity contribution in [2.24, 2.45) is 5.92 Å². The molecule has 3 N–H and O–H groups in total. The Morgan fingerprint density at radius 1 is 1.42 bits per heavy atom. The van der Waals surface area contributed by atoms with Crippen LogP contribution in [0.4, 0.5) is 0 Å². The highest BCUT2D eigenvalue weighted by molar-refractivity contribution is 6.05. The number of amides is 1. The van der Waals surface area contributed by atoms with Gasteiger partial charge in [-0.1, -0.05) is 32.4 Å². The Morgan fingerprint density at radius 3 is 2.95 bits per heavy atom. The second-order valence-corrected chi connectivity index (χ2v) is 4.91. The molecule has 0 aliphatic rings. The molecule has 0 fully saturated rings. The second kappa shape index (κ2) is 5.89. The molecule has 2 atom stereocenters. The number of fused-ring (bicyclic) bond motifs is 1. The van der Waals surface area contributed by atoms with Gasteiger partial charge in [-0.3, -0.25) is 4.79 Å². The lowest BCUT2D eigenvalue weighted by molar-refractivity contribution is 0.0851. The van der Waals surface area contributed by atoms with Gasteiger partial charge in [0, 0.05) is 18.1 Å². The summed E-state index contributed by atoms with van der Waals surface area (Å²) in [5.74, 6) is 0.0250. The predicted octanol–water partition coefficient (Wildman–Crippen LogP) is 2.30. The number of benzene rings is 1. The van der Waals surface area contributed by atoms with Crippen LogP contribution in [0, 0.1) is 5.92 Å². The zero-order valence-corrected chi connectivity index (χ0v) is 11.3. The average molecular weight is 260 g/mol. The normalized spacial score (nSPS) is 14.3. The topological polar surface area (TPSA) is 65.1 Å². The molecule has 4 nitrogen and oxygen atoms in total. The lowest BCUT2D eigenvalue weighted by atomic mass is 10.0. The van der Waals surface area contributed by atoms with Crippen LogP contribution in [0.2, 0.25) is 0 Å². The van der Waals surface area contributed by atoms with Crippen molar-refractivity contribution >= 4 is 16.8 Å². The van der Waals surface area contributed by atoms with Gasteiger partial charge in [0.2, 0.25) is 0 Å². The van der Waals surface area contributed by atoms with Gasteiger partial charge < -0.3 is 15.4 Å². The van der Waals surface area contributed by atoms with Crippen molar-refractivity contribution in [2.45, 2.75) is 26.4 Å². The molecular weight excluding hydrogens is 240 g/mol. The first-order valence-corrected chi connectivity index (χ1v) is 6.65. The van der Waals surface area contributed by atoms with Gasteiger partial charge in [-0.25, -0.2) is 0 Å². The van der Waals surface area contributed by atoms with Crippen molar-refractivity contribution < 1.29 is 9.90 Å². The number of rotatable bonds is 5. The number of aromatic nitrogens is 1. The van der Waals surface area contributed by atoms with E-state index in [0.717, 1.165) is 17.3 Å². The third kappa shape index (κ3) is 2.96. The first-order valence-electron chi connectivity index (χ1n) is 6.65. The van der Waals surface area contributed by atoms with Crippen molar-refractivity contribution in [2.75, 3.05) is 6.54 Å². The fourth-order valence-electron chi connectivity index (χ4n) is 2.04. The molecule has 102 valence electrons. The number of nitrogens with one attached hydrogen (secondary N) is 2. The van der Waals surface area contributed by atoms with Crippen LogP contribution >= 0.6 is 0 Å². The smallest absolute Gasteiger partial charge is 0.253 e. The van der Waals surface area contributed by atoms with Gasteiger partial charge in [0.25, 0.3) is 5.91 Å². The molecule has 0 spiro atoms. The van der Waals surface area contributed by atoms with E-state index >= 15 is 0 Å². The summed E-state index contributed by atoms with van der Waals surface area (Å²) in [6, 6.07) is 7.52. The Kier molecular flexibility index (Phi) is 4.22. The number of aliphatic hydroxyl groups is 1. The number of aliphatic hydroxyl groups excluding tert-OH is 1. The summed E-state index contributed by atoms with van der Waals surface area (Å²) in [7, 11) is 0. The fraction of sp³-hybridized carbons (Fsp3) is 0.400. The number of para-hydroxylation sites is 1. The van der Waals surface area contributed by atoms with Crippen molar-refractivity contribution in [3.63, 3.8) is 0 Å². The quantitative estimate of drug-likeness (QED) is 0.772. The molecule has 19 heavy (non-hydrogen) atoms. The maximum atomic E-state index is 12.1. The summed E-state index contributed by atoms with van der Waals surface area (Å²) >= 11 is 0. The van der Waals surface area contributed by atoms with Gasteiger partial charge in [0.05, 0.1) is 17.2 Å². The van der Waals surface area contributed by atoms with E-state index in [4.69, 9.17) is 0 Å². The molecule has 2 aromatic rings. The summed E-state index contributed by atoms with van der Waals surface area (Å²) in [4.78, 5) is 15.2. The number of hydrogen-bond acceptors (Lipinski definition) is 2. The zero-order valence-electron chi connectivity index (χ0n) is 11.3. The molecule has 2 rings (SSSR count). The standard InChI is InChI=1S/C15H20N2O2/c1-3-10(2)13(18)9-17-15(19)12-6-4-5-11-7-8-16-14(11)12/h4-8,10,13,16,18H,3,9H2,1-2H3,(H,17,19)/t10-,13-/m0/s1. The van der Waals surface area contributed by atoms with E-state index in [1.165, 1.54) is 0 Å². The Hall–Kier alpha value is -1.81. The average Bonchev–Trinajstić information content (AvgIpc) is 2.91. The van der Waals surface area contributed by atoms with Crippen molar-refractivity contribution in [3.05, 3.63) is 36.0 Å². The number of aromatic amines is 1. The summed E-state index contributed by atoms with van der Waals surface area (Å²) in [5, 5.41) is 13.7. The minimum absolute atomic E-state index is 0.157. The van der Waals surface area contributed by atoms with Crippen molar-refractivity contribution in [1.82, 2.24) is 10.3 Å². The van der Waals surface area contributed by atoms with Crippen LogP contribution in [0.3, 0.4) is 0 Å². The summed E-state index contributed by atoms with van der Waals surface area (Å²) in [6.45, 7) is 4.28. The molecule has 1 heterocycles. The molecular formula is C15H20N2O2. The van der Waals surface area contributed by atoms with Crippen LogP contribution < -0.4 is 5.32 Å². The first kappa shape index (κ1) is 13.6. The molecule has 0 unspecified atom stereocenters. The molecule has 0 radical (unpaired) electrons. The highest BCUT2D eigenvalue weighted by atomic mass is 16.3. The van der Waals surface area contributed by atoms with Crippen LogP contribution in [0.5, 0.6) is 0 Å². The number of carbonyl (C=O) groups is 1. The molecule has 1 aromatic heterocycles. The third-order valence-corrected chi connectivity index (χ3v) is 3.60. The summed E-state index contributed by atoms with van der Waals surface area (Å²) < 4.78 is 0. The van der Waals surface area contributed by atoms with Gasteiger partial charge in [-0.2, -0.15) is 0 Å². The van der Waals surface area contributed by atoms with Gasteiger partial charge >= 0.3 is 0 Å². The van der Waals surface area contributed by atoms with Crippen molar-refractivity contribution in [3.8, 4) is 0 Å². The number of hydrogen-bond donors (Lipinski definition) is 3. The Balaban J connectivity index is 2.06. The van der Waals surface area contributed by atoms with Crippen LogP contribution in [-0.2, 0) is 0 Å². The summed E-state index contributed by atoms with van der Waals surface area (Å²) in [6.07, 6.45) is 2.20. The van der Waals surface area contributed by atoms with E-state index in [9.17, 15) is 9.90 Å². The maximum absolute atomic E-state index is 12.1. The largest absolute Gasteiger partial charge is 0.391 e. The molecule has 1 aromatic carbocycles. The first-order chi connectivity index (χ1) is 9.13. The van der Waals surface area contributed by atoms with E-state index in [2.05, 4.69) is 10.3 Å². The highest BCUT2D eigenvalue weighted by Gasteiger charge is 2.15. The van der Waals surface area contributed by atoms with E-state index in [0.29, 0.717) is 5.56 Å². The van der Waals surface area contributed by atoms with Crippen molar-refractivity contribution in [1.29, 1.82) is 0 Å². The van der Waals surface area contributed by atoms with Gasteiger partial charge in [0.15, 0.2) is 0 Å². The third-order valence-electron chi connectivity index (χ3n) is 3.60. The van der Waals surface area contributed by atoms with Gasteiger partial charge in [0.1, 0.15) is 0 Å². The maximum Gasteiger partial charge on any atom is 0.253 e. The van der Waals surface area contributed by atoms with Gasteiger partial charge in [-0.15, -0.1) is 0 Å². The fourth-order valence-corrected chi connectivity index (χ4v) is 2.04. The predicted molar refractivity (Wildman–Crippen MR) is 76.1 cm³/mol. The summed E-state index contributed by atoms with van der Waals surface area (Å²) in [5.41, 5.74) is 1.44. The van der Waals surface area contributed by atoms with E-state index in [1.54, 1.807) is 6.07 Å². The molecule has 0 saturated carbocycles. The van der Waals surface area contributed by atoms with E-state index in [-0.39, 0.29) is 18.4 Å². The number of carbonyl (C=O) groups excluding carboxylic acids is 1. The molecule has 1 amide bonds. The Bertz CT molecular complexity index is 562. The van der Waals surface area contributed by atoms with Crippen LogP contribution in [0.15, 0.2) is 30.5 Å². The molecule has 4 heteroatoms. The van der Waals surface area contributed by atoms with Crippen LogP contribution in [-0.4, -0.2) is 28.6 Å². The van der Waals surface area contributed by atoms with E-state index in [1.807, 2.05) is 38.2 Å². The number of H-pyrrole nitrogens is 1. The molecule has 0 aliphatic heterocycles. The van der Waals surface area contributed by atoms with Crippen LogP contribution in [0.1, 0.15) is 30.6 Å². The monoisotopic (exact) mass is 260 g/mol. The minimum atomic E-state index is -0.503. The lowest BCUT2D eigenvalue weighted by Gasteiger charge is -2.17. The minimum Gasteiger partial charge on any atom is -0.391 e. The Morgan fingerprint density at radius 2 is 2.21 bits per heavy atom. The zero-order chi connectivity index (χ0) is 13.8. The molecule has 0 bridgehead atoms. The molecule has 0 aliphatic carbocycles.